The lowest BCUT2D eigenvalue weighted by molar-refractivity contribution is -0.114. The predicted octanol–water partition coefficient (Wildman–Crippen LogP) is 2.34. The molecule has 2 aromatic carbocycles. The number of fused-ring (bicyclic) bond motifs is 1. The van der Waals surface area contributed by atoms with E-state index < -0.39 is 5.91 Å². The number of aromatic hydroxyl groups is 1. The Balaban J connectivity index is 2.48. The molecule has 6 heteroatoms. The summed E-state index contributed by atoms with van der Waals surface area (Å²) in [5.74, 6) is -0.914. The third-order valence-electron chi connectivity index (χ3n) is 3.34. The molecule has 0 fully saturated rings. The van der Waals surface area contributed by atoms with E-state index >= 15 is 0 Å². The Morgan fingerprint density at radius 3 is 2.73 bits per heavy atom. The van der Waals surface area contributed by atoms with Gasteiger partial charge in [-0.3, -0.25) is 14.4 Å². The van der Waals surface area contributed by atoms with Gasteiger partial charge in [0.25, 0.3) is 5.91 Å². The number of primary amides is 1. The first-order valence-electron chi connectivity index (χ1n) is 7.02. The molecule has 0 aromatic heterocycles. The van der Waals surface area contributed by atoms with Crippen LogP contribution >= 0.6 is 0 Å². The number of phenols is 1. The van der Waals surface area contributed by atoms with Crippen LogP contribution in [-0.4, -0.2) is 24.0 Å². The number of hydrogen-bond acceptors (Lipinski definition) is 4. The maximum absolute atomic E-state index is 11.3. The Hall–Kier alpha value is -2.60. The first kappa shape index (κ1) is 15.8. The van der Waals surface area contributed by atoms with Crippen molar-refractivity contribution in [1.82, 2.24) is 0 Å². The topological polar surface area (TPSA) is 92.9 Å². The van der Waals surface area contributed by atoms with Crippen molar-refractivity contribution >= 4 is 28.8 Å². The lowest BCUT2D eigenvalue weighted by Gasteiger charge is -2.19. The molecule has 116 valence electrons. The smallest absolute Gasteiger partial charge is 0.252 e. The number of anilines is 1. The zero-order chi connectivity index (χ0) is 16.1. The summed E-state index contributed by atoms with van der Waals surface area (Å²) in [4.78, 5) is 28.0. The first-order chi connectivity index (χ1) is 10.6. The average molecular weight is 302 g/mol. The van der Waals surface area contributed by atoms with Crippen LogP contribution in [0.15, 0.2) is 30.3 Å². The molecule has 0 saturated heterocycles. The molecule has 0 atom stereocenters. The van der Waals surface area contributed by atoms with Gasteiger partial charge in [-0.05, 0) is 18.6 Å². The molecule has 0 saturated carbocycles. The highest BCUT2D eigenvalue weighted by molar-refractivity contribution is 6.07. The second-order valence-electron chi connectivity index (χ2n) is 4.82. The molecule has 0 radical (unpaired) electrons. The van der Waals surface area contributed by atoms with Crippen molar-refractivity contribution < 1.29 is 19.5 Å². The Morgan fingerprint density at radius 2 is 2.09 bits per heavy atom. The van der Waals surface area contributed by atoms with Crippen molar-refractivity contribution in [2.24, 2.45) is 5.73 Å². The third-order valence-corrected chi connectivity index (χ3v) is 3.34. The molecule has 0 unspecified atom stereocenters. The van der Waals surface area contributed by atoms with Gasteiger partial charge >= 0.3 is 0 Å². The van der Waals surface area contributed by atoms with E-state index in [1.165, 1.54) is 6.07 Å². The van der Waals surface area contributed by atoms with Crippen molar-refractivity contribution in [2.75, 3.05) is 11.7 Å². The molecule has 22 heavy (non-hydrogen) atoms. The number of nitrogens with zero attached hydrogens (tertiary/aromatic N) is 1. The minimum Gasteiger partial charge on any atom is -0.506 e. The number of amides is 2. The van der Waals surface area contributed by atoms with Crippen LogP contribution in [0.25, 0.3) is 10.8 Å². The van der Waals surface area contributed by atoms with Crippen LogP contribution in [0.5, 0.6) is 5.75 Å². The number of unbranched alkanes of at least 4 members (excludes halogenated alkanes) is 1. The van der Waals surface area contributed by atoms with Gasteiger partial charge in [0.1, 0.15) is 5.75 Å². The third kappa shape index (κ3) is 3.01. The van der Waals surface area contributed by atoms with Gasteiger partial charge in [-0.2, -0.15) is 5.06 Å². The number of benzene rings is 2. The van der Waals surface area contributed by atoms with Gasteiger partial charge in [0.15, 0.2) is 0 Å². The Labute approximate surface area is 128 Å². The van der Waals surface area contributed by atoms with Crippen LogP contribution in [0.1, 0.15) is 30.1 Å². The molecule has 2 rings (SSSR count). The second kappa shape index (κ2) is 6.91. The van der Waals surface area contributed by atoms with Gasteiger partial charge in [-0.15, -0.1) is 0 Å². The zero-order valence-electron chi connectivity index (χ0n) is 12.3. The van der Waals surface area contributed by atoms with E-state index in [0.29, 0.717) is 29.5 Å². The fraction of sp³-hybridized carbons (Fsp3) is 0.250. The van der Waals surface area contributed by atoms with Crippen molar-refractivity contribution in [3.8, 4) is 5.75 Å². The number of rotatable bonds is 7. The molecule has 0 spiro atoms. The molecule has 0 aliphatic carbocycles. The van der Waals surface area contributed by atoms with Crippen molar-refractivity contribution in [2.45, 2.75) is 19.8 Å². The van der Waals surface area contributed by atoms with E-state index in [1.807, 2.05) is 6.92 Å². The van der Waals surface area contributed by atoms with E-state index in [2.05, 4.69) is 0 Å². The van der Waals surface area contributed by atoms with Gasteiger partial charge in [0, 0.05) is 10.8 Å². The summed E-state index contributed by atoms with van der Waals surface area (Å²) >= 11 is 0. The maximum atomic E-state index is 11.3. The van der Waals surface area contributed by atoms with Gasteiger partial charge in [-0.25, -0.2) is 0 Å². The number of carbonyl (C=O) groups excluding carboxylic acids is 2. The van der Waals surface area contributed by atoms with Gasteiger partial charge in [-0.1, -0.05) is 31.5 Å². The molecule has 3 N–H and O–H groups in total. The van der Waals surface area contributed by atoms with E-state index in [9.17, 15) is 14.7 Å². The monoisotopic (exact) mass is 302 g/mol. The van der Waals surface area contributed by atoms with Gasteiger partial charge < -0.3 is 10.8 Å². The molecule has 2 amide bonds. The predicted molar refractivity (Wildman–Crippen MR) is 83.5 cm³/mol. The quantitative estimate of drug-likeness (QED) is 0.466. The molecule has 6 nitrogen and oxygen atoms in total. The fourth-order valence-electron chi connectivity index (χ4n) is 2.18. The standard InChI is InChI=1S/C16H18N2O4/c1-2-3-9-22-18(10-19)14-6-4-5-12-11(14)7-8-13(15(12)20)16(17)21/h4-8,10,20H,2-3,9H2,1H3,(H2,17,21). The van der Waals surface area contributed by atoms with Crippen LogP contribution in [0, 0.1) is 0 Å². The minimum absolute atomic E-state index is 0.0363. The van der Waals surface area contributed by atoms with Crippen LogP contribution in [0.2, 0.25) is 0 Å². The molecule has 2 aromatic rings. The molecule has 0 aliphatic heterocycles. The van der Waals surface area contributed by atoms with Crippen LogP contribution < -0.4 is 10.8 Å². The summed E-state index contributed by atoms with van der Waals surface area (Å²) in [6.07, 6.45) is 2.35. The van der Waals surface area contributed by atoms with Crippen molar-refractivity contribution in [3.63, 3.8) is 0 Å². The number of hydrogen-bond donors (Lipinski definition) is 2. The summed E-state index contributed by atoms with van der Waals surface area (Å²) < 4.78 is 0. The first-order valence-corrected chi connectivity index (χ1v) is 7.02. The molecule has 0 bridgehead atoms. The van der Waals surface area contributed by atoms with E-state index in [4.69, 9.17) is 10.6 Å². The van der Waals surface area contributed by atoms with E-state index in [-0.39, 0.29) is 11.3 Å². The Morgan fingerprint density at radius 1 is 1.32 bits per heavy atom. The molecule has 0 aliphatic rings. The molecule has 0 heterocycles. The summed E-state index contributed by atoms with van der Waals surface area (Å²) in [7, 11) is 0. The Kier molecular flexibility index (Phi) is 4.95. The maximum Gasteiger partial charge on any atom is 0.252 e. The molecular formula is C16H18N2O4. The van der Waals surface area contributed by atoms with Gasteiger partial charge in [0.2, 0.25) is 6.41 Å². The highest BCUT2D eigenvalue weighted by atomic mass is 16.7. The normalized spacial score (nSPS) is 10.6. The van der Waals surface area contributed by atoms with E-state index in [0.717, 1.165) is 17.9 Å². The lowest BCUT2D eigenvalue weighted by Crippen LogP contribution is -2.22. The number of carbonyl (C=O) groups is 2. The highest BCUT2D eigenvalue weighted by Crippen LogP contribution is 2.34. The summed E-state index contributed by atoms with van der Waals surface area (Å²) in [6, 6.07) is 8.08. The highest BCUT2D eigenvalue weighted by Gasteiger charge is 2.15. The van der Waals surface area contributed by atoms with Crippen molar-refractivity contribution in [3.05, 3.63) is 35.9 Å². The Bertz CT molecular complexity index is 700. The van der Waals surface area contributed by atoms with E-state index in [1.54, 1.807) is 24.3 Å². The second-order valence-corrected chi connectivity index (χ2v) is 4.82. The molecular weight excluding hydrogens is 284 g/mol. The summed E-state index contributed by atoms with van der Waals surface area (Å²) in [5.41, 5.74) is 5.75. The fourth-order valence-corrected chi connectivity index (χ4v) is 2.18. The minimum atomic E-state index is -0.712. The zero-order valence-corrected chi connectivity index (χ0v) is 12.3. The van der Waals surface area contributed by atoms with Crippen LogP contribution in [0.3, 0.4) is 0 Å². The summed E-state index contributed by atoms with van der Waals surface area (Å²) in [6.45, 7) is 2.44. The SMILES string of the molecule is CCCCON(C=O)c1cccc2c(O)c(C(N)=O)ccc12. The largest absolute Gasteiger partial charge is 0.506 e. The summed E-state index contributed by atoms with van der Waals surface area (Å²) in [5, 5.41) is 12.3. The van der Waals surface area contributed by atoms with Gasteiger partial charge in [0.05, 0.1) is 17.9 Å². The lowest BCUT2D eigenvalue weighted by atomic mass is 10.0. The van der Waals surface area contributed by atoms with Crippen LogP contribution in [-0.2, 0) is 9.63 Å². The average Bonchev–Trinajstić information content (AvgIpc) is 2.51. The number of hydroxylamine groups is 1. The van der Waals surface area contributed by atoms with Crippen LogP contribution in [0.4, 0.5) is 5.69 Å². The van der Waals surface area contributed by atoms with Crippen molar-refractivity contribution in [1.29, 1.82) is 0 Å². The number of nitrogens with two attached hydrogens (primary N) is 1.